The monoisotopic (exact) mass is 270 g/mol. The molecule has 0 saturated carbocycles. The van der Waals surface area contributed by atoms with Crippen LogP contribution in [0, 0.1) is 12.7 Å². The predicted octanol–water partition coefficient (Wildman–Crippen LogP) is 3.13. The van der Waals surface area contributed by atoms with Gasteiger partial charge in [0.15, 0.2) is 0 Å². The van der Waals surface area contributed by atoms with E-state index in [-0.39, 0.29) is 11.7 Å². The minimum Gasteiger partial charge on any atom is -0.368 e. The van der Waals surface area contributed by atoms with E-state index in [9.17, 15) is 4.39 Å². The molecule has 2 rings (SSSR count). The van der Waals surface area contributed by atoms with Gasteiger partial charge < -0.3 is 10.3 Å². The molecule has 5 heteroatoms. The van der Waals surface area contributed by atoms with Gasteiger partial charge in [0.2, 0.25) is 5.88 Å². The standard InChI is InChI=1S/C10H8BrFN2O/c1-5-2-6(10(11)7(12)3-5)8-4-9(13)15-14-8/h2-4H,13H2,1H3. The Bertz CT molecular complexity index is 510. The third kappa shape index (κ3) is 1.87. The maximum absolute atomic E-state index is 13.4. The van der Waals surface area contributed by atoms with E-state index < -0.39 is 0 Å². The molecule has 0 radical (unpaired) electrons. The van der Waals surface area contributed by atoms with Gasteiger partial charge in [-0.15, -0.1) is 0 Å². The number of hydrogen-bond donors (Lipinski definition) is 1. The highest BCUT2D eigenvalue weighted by molar-refractivity contribution is 9.10. The van der Waals surface area contributed by atoms with Crippen molar-refractivity contribution in [1.82, 2.24) is 5.16 Å². The second-order valence-electron chi connectivity index (χ2n) is 3.22. The average molecular weight is 271 g/mol. The molecule has 0 fully saturated rings. The van der Waals surface area contributed by atoms with Crippen LogP contribution in [-0.2, 0) is 0 Å². The maximum atomic E-state index is 13.4. The van der Waals surface area contributed by atoms with Gasteiger partial charge >= 0.3 is 0 Å². The Kier molecular flexibility index (Phi) is 2.48. The molecule has 0 unspecified atom stereocenters. The number of hydrogen-bond acceptors (Lipinski definition) is 3. The fourth-order valence-corrected chi connectivity index (χ4v) is 1.76. The summed E-state index contributed by atoms with van der Waals surface area (Å²) in [4.78, 5) is 0. The minimum atomic E-state index is -0.327. The molecular weight excluding hydrogens is 263 g/mol. The Balaban J connectivity index is 2.62. The number of benzene rings is 1. The molecule has 1 heterocycles. The van der Waals surface area contributed by atoms with Crippen molar-refractivity contribution in [2.24, 2.45) is 0 Å². The molecule has 1 aromatic heterocycles. The second-order valence-corrected chi connectivity index (χ2v) is 4.02. The largest absolute Gasteiger partial charge is 0.368 e. The first kappa shape index (κ1) is 10.2. The summed E-state index contributed by atoms with van der Waals surface area (Å²) >= 11 is 3.16. The third-order valence-electron chi connectivity index (χ3n) is 1.98. The van der Waals surface area contributed by atoms with Crippen LogP contribution >= 0.6 is 15.9 Å². The summed E-state index contributed by atoms with van der Waals surface area (Å²) in [5, 5.41) is 3.73. The number of halogens is 2. The Morgan fingerprint density at radius 3 is 2.73 bits per heavy atom. The van der Waals surface area contributed by atoms with Crippen molar-refractivity contribution in [2.45, 2.75) is 6.92 Å². The summed E-state index contributed by atoms with van der Waals surface area (Å²) in [5.41, 5.74) is 7.36. The van der Waals surface area contributed by atoms with E-state index in [1.807, 2.05) is 13.0 Å². The van der Waals surface area contributed by atoms with Crippen molar-refractivity contribution < 1.29 is 8.91 Å². The Hall–Kier alpha value is -1.36. The van der Waals surface area contributed by atoms with E-state index in [2.05, 4.69) is 21.1 Å². The molecular formula is C10H8BrFN2O. The van der Waals surface area contributed by atoms with E-state index in [4.69, 9.17) is 10.3 Å². The second kappa shape index (κ2) is 3.66. The fraction of sp³-hybridized carbons (Fsp3) is 0.100. The van der Waals surface area contributed by atoms with E-state index in [0.717, 1.165) is 5.56 Å². The fourth-order valence-electron chi connectivity index (χ4n) is 1.33. The van der Waals surface area contributed by atoms with Crippen LogP contribution in [0.1, 0.15) is 5.56 Å². The summed E-state index contributed by atoms with van der Waals surface area (Å²) in [6.07, 6.45) is 0. The van der Waals surface area contributed by atoms with Crippen LogP contribution in [0.3, 0.4) is 0 Å². The first-order valence-electron chi connectivity index (χ1n) is 4.26. The summed E-state index contributed by atoms with van der Waals surface area (Å²) in [6, 6.07) is 4.81. The Labute approximate surface area is 94.2 Å². The van der Waals surface area contributed by atoms with Crippen LogP contribution in [0.2, 0.25) is 0 Å². The zero-order valence-electron chi connectivity index (χ0n) is 7.92. The highest BCUT2D eigenvalue weighted by atomic mass is 79.9. The number of rotatable bonds is 1. The molecule has 0 aliphatic rings. The summed E-state index contributed by atoms with van der Waals surface area (Å²) in [5.74, 6) is -0.120. The summed E-state index contributed by atoms with van der Waals surface area (Å²) in [6.45, 7) is 1.81. The predicted molar refractivity (Wildman–Crippen MR) is 58.7 cm³/mol. The van der Waals surface area contributed by atoms with Crippen LogP contribution in [0.5, 0.6) is 0 Å². The first-order chi connectivity index (χ1) is 7.08. The highest BCUT2D eigenvalue weighted by Gasteiger charge is 2.12. The molecule has 15 heavy (non-hydrogen) atoms. The van der Waals surface area contributed by atoms with Gasteiger partial charge in [0.1, 0.15) is 11.5 Å². The van der Waals surface area contributed by atoms with Gasteiger partial charge in [-0.2, -0.15) is 0 Å². The molecule has 1 aromatic carbocycles. The number of aryl methyl sites for hydroxylation is 1. The number of nitrogen functional groups attached to an aromatic ring is 1. The molecule has 2 N–H and O–H groups in total. The molecule has 3 nitrogen and oxygen atoms in total. The van der Waals surface area contributed by atoms with Gasteiger partial charge in [-0.25, -0.2) is 4.39 Å². The lowest BCUT2D eigenvalue weighted by Gasteiger charge is -2.03. The minimum absolute atomic E-state index is 0.207. The Morgan fingerprint density at radius 2 is 2.13 bits per heavy atom. The SMILES string of the molecule is Cc1cc(F)c(Br)c(-c2cc(N)on2)c1. The molecule has 0 bridgehead atoms. The smallest absolute Gasteiger partial charge is 0.222 e. The number of nitrogens with two attached hydrogens (primary N) is 1. The van der Waals surface area contributed by atoms with Crippen LogP contribution in [0.4, 0.5) is 10.3 Å². The van der Waals surface area contributed by atoms with E-state index in [1.165, 1.54) is 6.07 Å². The van der Waals surface area contributed by atoms with Crippen molar-refractivity contribution in [3.8, 4) is 11.3 Å². The lowest BCUT2D eigenvalue weighted by molar-refractivity contribution is 0.439. The van der Waals surface area contributed by atoms with Gasteiger partial charge in [-0.05, 0) is 40.5 Å². The third-order valence-corrected chi connectivity index (χ3v) is 2.78. The van der Waals surface area contributed by atoms with Crippen LogP contribution in [-0.4, -0.2) is 5.16 Å². The average Bonchev–Trinajstić information content (AvgIpc) is 2.58. The van der Waals surface area contributed by atoms with E-state index in [1.54, 1.807) is 6.07 Å². The molecule has 0 aliphatic carbocycles. The quantitative estimate of drug-likeness (QED) is 0.866. The van der Waals surface area contributed by atoms with Crippen molar-refractivity contribution in [1.29, 1.82) is 0 Å². The van der Waals surface area contributed by atoms with Crippen molar-refractivity contribution >= 4 is 21.8 Å². The molecule has 0 atom stereocenters. The molecule has 0 amide bonds. The maximum Gasteiger partial charge on any atom is 0.222 e. The van der Waals surface area contributed by atoms with Crippen molar-refractivity contribution in [3.63, 3.8) is 0 Å². The molecule has 2 aromatic rings. The Morgan fingerprint density at radius 1 is 1.40 bits per heavy atom. The molecule has 0 saturated heterocycles. The van der Waals surface area contributed by atoms with Gasteiger partial charge in [-0.3, -0.25) is 0 Å². The van der Waals surface area contributed by atoms with E-state index in [0.29, 0.717) is 15.7 Å². The summed E-state index contributed by atoms with van der Waals surface area (Å²) < 4.78 is 18.5. The van der Waals surface area contributed by atoms with Crippen LogP contribution < -0.4 is 5.73 Å². The molecule has 0 spiro atoms. The van der Waals surface area contributed by atoms with Crippen LogP contribution in [0.15, 0.2) is 27.2 Å². The van der Waals surface area contributed by atoms with Gasteiger partial charge in [0.25, 0.3) is 0 Å². The zero-order chi connectivity index (χ0) is 11.0. The van der Waals surface area contributed by atoms with Crippen LogP contribution in [0.25, 0.3) is 11.3 Å². The van der Waals surface area contributed by atoms with Gasteiger partial charge in [0, 0.05) is 11.6 Å². The number of aromatic nitrogens is 1. The highest BCUT2D eigenvalue weighted by Crippen LogP contribution is 2.31. The molecule has 0 aliphatic heterocycles. The normalized spacial score (nSPS) is 10.6. The lowest BCUT2D eigenvalue weighted by Crippen LogP contribution is -1.87. The number of anilines is 1. The molecule has 78 valence electrons. The zero-order valence-corrected chi connectivity index (χ0v) is 9.51. The summed E-state index contributed by atoms with van der Waals surface area (Å²) in [7, 11) is 0. The topological polar surface area (TPSA) is 52.0 Å². The van der Waals surface area contributed by atoms with Crippen molar-refractivity contribution in [3.05, 3.63) is 34.1 Å². The first-order valence-corrected chi connectivity index (χ1v) is 5.05. The van der Waals surface area contributed by atoms with Gasteiger partial charge in [-0.1, -0.05) is 5.16 Å². The lowest BCUT2D eigenvalue weighted by atomic mass is 10.1. The van der Waals surface area contributed by atoms with Gasteiger partial charge in [0.05, 0.1) is 4.47 Å². The number of nitrogens with zero attached hydrogens (tertiary/aromatic N) is 1. The van der Waals surface area contributed by atoms with Crippen molar-refractivity contribution in [2.75, 3.05) is 5.73 Å². The van der Waals surface area contributed by atoms with E-state index >= 15 is 0 Å².